The Morgan fingerprint density at radius 2 is 2.00 bits per heavy atom. The van der Waals surface area contributed by atoms with Gasteiger partial charge in [-0.3, -0.25) is 0 Å². The van der Waals surface area contributed by atoms with Crippen molar-refractivity contribution in [2.45, 2.75) is 34.1 Å². The van der Waals surface area contributed by atoms with Gasteiger partial charge in [-0.15, -0.1) is 11.3 Å². The van der Waals surface area contributed by atoms with Crippen molar-refractivity contribution in [3.05, 3.63) is 10.9 Å². The van der Waals surface area contributed by atoms with Crippen molar-refractivity contribution in [1.82, 2.24) is 9.97 Å². The van der Waals surface area contributed by atoms with Gasteiger partial charge in [-0.1, -0.05) is 20.8 Å². The maximum Gasteiger partial charge on any atom is 0.225 e. The molecule has 4 nitrogen and oxygen atoms in total. The SMILES string of the molecule is CNc1nc(NCCC(C)(C)C)c2cc(C)sc2n1. The monoisotopic (exact) mass is 278 g/mol. The van der Waals surface area contributed by atoms with Crippen LogP contribution in [0.5, 0.6) is 0 Å². The lowest BCUT2D eigenvalue weighted by atomic mass is 9.92. The van der Waals surface area contributed by atoms with Crippen LogP contribution in [0.3, 0.4) is 0 Å². The van der Waals surface area contributed by atoms with Crippen LogP contribution in [0.2, 0.25) is 0 Å². The minimum absolute atomic E-state index is 0.329. The molecular weight excluding hydrogens is 256 g/mol. The second-order valence-corrected chi connectivity index (χ2v) is 7.19. The molecule has 0 unspecified atom stereocenters. The summed E-state index contributed by atoms with van der Waals surface area (Å²) in [6.45, 7) is 9.77. The van der Waals surface area contributed by atoms with Crippen LogP contribution in [0.25, 0.3) is 10.2 Å². The normalized spacial score (nSPS) is 11.8. The zero-order chi connectivity index (χ0) is 14.0. The number of thiophene rings is 1. The van der Waals surface area contributed by atoms with Crippen molar-refractivity contribution >= 4 is 33.3 Å². The number of aromatic nitrogens is 2. The van der Waals surface area contributed by atoms with Crippen molar-refractivity contribution in [1.29, 1.82) is 0 Å². The lowest BCUT2D eigenvalue weighted by Gasteiger charge is -2.18. The Kier molecular flexibility index (Phi) is 3.94. The lowest BCUT2D eigenvalue weighted by Crippen LogP contribution is -2.14. The fraction of sp³-hybridized carbons (Fsp3) is 0.571. The van der Waals surface area contributed by atoms with E-state index in [4.69, 9.17) is 0 Å². The predicted molar refractivity (Wildman–Crippen MR) is 84.3 cm³/mol. The number of hydrogen-bond acceptors (Lipinski definition) is 5. The topological polar surface area (TPSA) is 49.8 Å². The van der Waals surface area contributed by atoms with E-state index in [-0.39, 0.29) is 0 Å². The zero-order valence-corrected chi connectivity index (χ0v) is 13.1. The molecule has 0 aliphatic rings. The van der Waals surface area contributed by atoms with Crippen molar-refractivity contribution in [3.8, 4) is 0 Å². The average Bonchev–Trinajstić information content (AvgIpc) is 2.67. The highest BCUT2D eigenvalue weighted by Crippen LogP contribution is 2.29. The van der Waals surface area contributed by atoms with Crippen LogP contribution >= 0.6 is 11.3 Å². The van der Waals surface area contributed by atoms with Gasteiger partial charge in [0.15, 0.2) is 0 Å². The van der Waals surface area contributed by atoms with E-state index in [1.54, 1.807) is 11.3 Å². The molecular formula is C14H22N4S. The highest BCUT2D eigenvalue weighted by atomic mass is 32.1. The molecule has 0 aliphatic carbocycles. The Morgan fingerprint density at radius 1 is 1.26 bits per heavy atom. The maximum absolute atomic E-state index is 4.53. The molecule has 2 aromatic heterocycles. The molecule has 0 saturated heterocycles. The third-order valence-electron chi connectivity index (χ3n) is 2.91. The van der Waals surface area contributed by atoms with Crippen LogP contribution in [0.4, 0.5) is 11.8 Å². The highest BCUT2D eigenvalue weighted by molar-refractivity contribution is 7.18. The Balaban J connectivity index is 2.25. The number of rotatable bonds is 4. The number of fused-ring (bicyclic) bond motifs is 1. The molecule has 0 spiro atoms. The summed E-state index contributed by atoms with van der Waals surface area (Å²) in [6.07, 6.45) is 1.11. The van der Waals surface area contributed by atoms with Gasteiger partial charge in [-0.25, -0.2) is 4.98 Å². The molecule has 2 aromatic rings. The van der Waals surface area contributed by atoms with Gasteiger partial charge in [0.2, 0.25) is 5.95 Å². The van der Waals surface area contributed by atoms with Crippen LogP contribution in [0.1, 0.15) is 32.1 Å². The molecule has 2 rings (SSSR count). The number of aryl methyl sites for hydroxylation is 1. The molecule has 0 amide bonds. The van der Waals surface area contributed by atoms with E-state index in [9.17, 15) is 0 Å². The van der Waals surface area contributed by atoms with Crippen molar-refractivity contribution in [2.24, 2.45) is 5.41 Å². The zero-order valence-electron chi connectivity index (χ0n) is 12.3. The van der Waals surface area contributed by atoms with E-state index in [1.165, 1.54) is 4.88 Å². The Hall–Kier alpha value is -1.36. The third kappa shape index (κ3) is 3.56. The highest BCUT2D eigenvalue weighted by Gasteiger charge is 2.12. The number of hydrogen-bond donors (Lipinski definition) is 2. The first kappa shape index (κ1) is 14.1. The van der Waals surface area contributed by atoms with Gasteiger partial charge in [0, 0.05) is 18.5 Å². The van der Waals surface area contributed by atoms with Crippen molar-refractivity contribution in [3.63, 3.8) is 0 Å². The van der Waals surface area contributed by atoms with E-state index in [0.717, 1.165) is 29.0 Å². The molecule has 2 heterocycles. The summed E-state index contributed by atoms with van der Waals surface area (Å²) in [5.74, 6) is 1.61. The Morgan fingerprint density at radius 3 is 2.63 bits per heavy atom. The molecule has 0 radical (unpaired) electrons. The lowest BCUT2D eigenvalue weighted by molar-refractivity contribution is 0.389. The van der Waals surface area contributed by atoms with Crippen molar-refractivity contribution < 1.29 is 0 Å². The molecule has 0 fully saturated rings. The minimum atomic E-state index is 0.329. The van der Waals surface area contributed by atoms with E-state index in [0.29, 0.717) is 11.4 Å². The molecule has 5 heteroatoms. The largest absolute Gasteiger partial charge is 0.369 e. The van der Waals surface area contributed by atoms with Crippen LogP contribution in [-0.2, 0) is 0 Å². The molecule has 2 N–H and O–H groups in total. The minimum Gasteiger partial charge on any atom is -0.369 e. The number of anilines is 2. The number of nitrogens with one attached hydrogen (secondary N) is 2. The van der Waals surface area contributed by atoms with E-state index in [1.807, 2.05) is 7.05 Å². The molecule has 0 bridgehead atoms. The summed E-state index contributed by atoms with van der Waals surface area (Å²) in [5, 5.41) is 7.59. The Labute approximate surface area is 118 Å². The second-order valence-electron chi connectivity index (χ2n) is 5.96. The second kappa shape index (κ2) is 5.33. The van der Waals surface area contributed by atoms with Gasteiger partial charge < -0.3 is 10.6 Å². The first-order valence-corrected chi connectivity index (χ1v) is 7.40. The van der Waals surface area contributed by atoms with Gasteiger partial charge in [0.05, 0.1) is 5.39 Å². The summed E-state index contributed by atoms with van der Waals surface area (Å²) in [5.41, 5.74) is 0.329. The molecule has 0 aromatic carbocycles. The first-order valence-electron chi connectivity index (χ1n) is 6.59. The van der Waals surface area contributed by atoms with Gasteiger partial charge in [-0.05, 0) is 24.8 Å². The fourth-order valence-corrected chi connectivity index (χ4v) is 2.72. The van der Waals surface area contributed by atoms with Gasteiger partial charge >= 0.3 is 0 Å². The van der Waals surface area contributed by atoms with E-state index >= 15 is 0 Å². The third-order valence-corrected chi connectivity index (χ3v) is 3.85. The summed E-state index contributed by atoms with van der Waals surface area (Å²) in [4.78, 5) is 11.3. The summed E-state index contributed by atoms with van der Waals surface area (Å²) >= 11 is 1.70. The van der Waals surface area contributed by atoms with Gasteiger partial charge in [-0.2, -0.15) is 4.98 Å². The molecule has 0 atom stereocenters. The predicted octanol–water partition coefficient (Wildman–Crippen LogP) is 3.89. The van der Waals surface area contributed by atoms with E-state index in [2.05, 4.69) is 54.4 Å². The summed E-state index contributed by atoms with van der Waals surface area (Å²) in [7, 11) is 1.85. The van der Waals surface area contributed by atoms with Gasteiger partial charge in [0.1, 0.15) is 10.6 Å². The van der Waals surface area contributed by atoms with Crippen LogP contribution in [-0.4, -0.2) is 23.6 Å². The Bertz CT molecular complexity index is 569. The van der Waals surface area contributed by atoms with Crippen LogP contribution < -0.4 is 10.6 Å². The molecule has 19 heavy (non-hydrogen) atoms. The van der Waals surface area contributed by atoms with Crippen LogP contribution in [0.15, 0.2) is 6.07 Å². The average molecular weight is 278 g/mol. The maximum atomic E-state index is 4.53. The fourth-order valence-electron chi connectivity index (χ4n) is 1.84. The molecule has 0 saturated carbocycles. The molecule has 104 valence electrons. The first-order chi connectivity index (χ1) is 8.89. The van der Waals surface area contributed by atoms with Gasteiger partial charge in [0.25, 0.3) is 0 Å². The standard InChI is InChI=1S/C14H22N4S/c1-9-8-10-11(16-7-6-14(2,3)4)17-13(15-5)18-12(10)19-9/h8H,6-7H2,1-5H3,(H2,15,16,17,18). The van der Waals surface area contributed by atoms with Crippen LogP contribution in [0, 0.1) is 12.3 Å². The van der Waals surface area contributed by atoms with E-state index < -0.39 is 0 Å². The quantitative estimate of drug-likeness (QED) is 0.891. The molecule has 0 aliphatic heterocycles. The number of nitrogens with zero attached hydrogens (tertiary/aromatic N) is 2. The van der Waals surface area contributed by atoms with Crippen molar-refractivity contribution in [2.75, 3.05) is 24.2 Å². The smallest absolute Gasteiger partial charge is 0.225 e. The summed E-state index contributed by atoms with van der Waals surface area (Å²) in [6, 6.07) is 2.15. The summed E-state index contributed by atoms with van der Waals surface area (Å²) < 4.78 is 0.